The maximum Gasteiger partial charge on any atom is 0.246 e. The third-order valence-corrected chi connectivity index (χ3v) is 6.34. The van der Waals surface area contributed by atoms with Crippen molar-refractivity contribution in [1.82, 2.24) is 9.80 Å². The van der Waals surface area contributed by atoms with Crippen molar-refractivity contribution < 1.29 is 9.59 Å². The molecule has 4 nitrogen and oxygen atoms in total. The Labute approximate surface area is 127 Å². The molecule has 1 aromatic rings. The van der Waals surface area contributed by atoms with Crippen molar-refractivity contribution in [2.75, 3.05) is 12.8 Å². The summed E-state index contributed by atoms with van der Waals surface area (Å²) in [6.07, 6.45) is 1.43. The van der Waals surface area contributed by atoms with E-state index in [1.165, 1.54) is 0 Å². The van der Waals surface area contributed by atoms with Crippen LogP contribution in [-0.4, -0.2) is 45.3 Å². The minimum Gasteiger partial charge on any atom is -0.340 e. The summed E-state index contributed by atoms with van der Waals surface area (Å²) in [5.74, 6) is 0.900. The molecule has 2 saturated heterocycles. The van der Waals surface area contributed by atoms with Gasteiger partial charge in [-0.05, 0) is 35.7 Å². The molecule has 2 amide bonds. The van der Waals surface area contributed by atoms with Gasteiger partial charge in [-0.25, -0.2) is 0 Å². The lowest BCUT2D eigenvalue weighted by Gasteiger charge is -2.31. The van der Waals surface area contributed by atoms with Gasteiger partial charge >= 0.3 is 0 Å². The molecule has 1 aromatic heterocycles. The molecular formula is C14H18N2O2S2. The molecule has 0 saturated carbocycles. The van der Waals surface area contributed by atoms with Crippen LogP contribution in [0.1, 0.15) is 25.3 Å². The number of thioether (sulfide) groups is 1. The summed E-state index contributed by atoms with van der Waals surface area (Å²) in [6, 6.07) is 1.74. The van der Waals surface area contributed by atoms with Crippen molar-refractivity contribution in [2.45, 2.75) is 37.2 Å². The van der Waals surface area contributed by atoms with E-state index in [0.717, 1.165) is 17.7 Å². The number of amides is 2. The molecule has 6 heteroatoms. The highest BCUT2D eigenvalue weighted by Crippen LogP contribution is 2.47. The van der Waals surface area contributed by atoms with E-state index in [0.29, 0.717) is 13.0 Å². The van der Waals surface area contributed by atoms with Crippen molar-refractivity contribution in [1.29, 1.82) is 0 Å². The molecule has 0 aromatic carbocycles. The van der Waals surface area contributed by atoms with E-state index < -0.39 is 0 Å². The average molecular weight is 310 g/mol. The monoisotopic (exact) mass is 310 g/mol. The molecule has 2 aliphatic heterocycles. The predicted molar refractivity (Wildman–Crippen MR) is 81.5 cm³/mol. The molecule has 108 valence electrons. The molecule has 0 aliphatic carbocycles. The fraction of sp³-hybridized carbons (Fsp3) is 0.571. The Morgan fingerprint density at radius 2 is 2.40 bits per heavy atom. The Hall–Kier alpha value is -1.01. The van der Waals surface area contributed by atoms with Gasteiger partial charge in [-0.3, -0.25) is 9.59 Å². The summed E-state index contributed by atoms with van der Waals surface area (Å²) < 4.78 is 0. The highest BCUT2D eigenvalue weighted by atomic mass is 32.2. The van der Waals surface area contributed by atoms with Gasteiger partial charge in [0.05, 0.1) is 4.87 Å². The van der Waals surface area contributed by atoms with E-state index in [4.69, 9.17) is 0 Å². The fourth-order valence-electron chi connectivity index (χ4n) is 2.99. The largest absolute Gasteiger partial charge is 0.340 e. The highest BCUT2D eigenvalue weighted by molar-refractivity contribution is 8.01. The van der Waals surface area contributed by atoms with Gasteiger partial charge in [-0.15, -0.1) is 11.8 Å². The standard InChI is InChI=1S/C14H18N2O2S2/c1-14-5-3-12(17)16(14)11(9-20-14)13(18)15(2)7-10-4-6-19-8-10/h4,6,8,11H,3,5,7,9H2,1-2H3/t11-,14+/m0/s1. The van der Waals surface area contributed by atoms with E-state index >= 15 is 0 Å². The van der Waals surface area contributed by atoms with Gasteiger partial charge in [0.25, 0.3) is 0 Å². The second kappa shape index (κ2) is 5.07. The normalized spacial score (nSPS) is 28.8. The molecule has 2 aliphatic rings. The first-order valence-corrected chi connectivity index (χ1v) is 8.66. The van der Waals surface area contributed by atoms with Crippen molar-refractivity contribution in [3.05, 3.63) is 22.4 Å². The Kier molecular flexibility index (Phi) is 3.54. The van der Waals surface area contributed by atoms with E-state index in [2.05, 4.69) is 12.3 Å². The number of carbonyl (C=O) groups excluding carboxylic acids is 2. The average Bonchev–Trinajstić information content (AvgIpc) is 3.08. The predicted octanol–water partition coefficient (Wildman–Crippen LogP) is 2.16. The van der Waals surface area contributed by atoms with Crippen LogP contribution < -0.4 is 0 Å². The second-order valence-electron chi connectivity index (χ2n) is 5.59. The second-order valence-corrected chi connectivity index (χ2v) is 7.87. The van der Waals surface area contributed by atoms with E-state index in [1.807, 2.05) is 23.4 Å². The smallest absolute Gasteiger partial charge is 0.246 e. The maximum atomic E-state index is 12.6. The molecule has 3 rings (SSSR count). The van der Waals surface area contributed by atoms with Gasteiger partial charge in [0.1, 0.15) is 6.04 Å². The number of hydrogen-bond acceptors (Lipinski definition) is 4. The number of hydrogen-bond donors (Lipinski definition) is 0. The van der Waals surface area contributed by atoms with Crippen LogP contribution in [0.2, 0.25) is 0 Å². The SMILES string of the molecule is CN(Cc1ccsc1)C(=O)[C@@H]1CS[C@]2(C)CCC(=O)N12. The molecule has 0 spiro atoms. The number of likely N-dealkylation sites (N-methyl/N-ethyl adjacent to an activating group) is 1. The van der Waals surface area contributed by atoms with Crippen LogP contribution in [0.5, 0.6) is 0 Å². The lowest BCUT2D eigenvalue weighted by atomic mass is 10.2. The quantitative estimate of drug-likeness (QED) is 0.859. The molecule has 0 unspecified atom stereocenters. The molecule has 3 heterocycles. The van der Waals surface area contributed by atoms with E-state index in [9.17, 15) is 9.59 Å². The number of nitrogens with zero attached hydrogens (tertiary/aromatic N) is 2. The summed E-state index contributed by atoms with van der Waals surface area (Å²) in [7, 11) is 1.82. The minimum absolute atomic E-state index is 0.0580. The van der Waals surface area contributed by atoms with Crippen LogP contribution in [0, 0.1) is 0 Å². The van der Waals surface area contributed by atoms with Gasteiger partial charge in [-0.1, -0.05) is 0 Å². The topological polar surface area (TPSA) is 40.6 Å². The lowest BCUT2D eigenvalue weighted by molar-refractivity contribution is -0.143. The van der Waals surface area contributed by atoms with Gasteiger partial charge in [-0.2, -0.15) is 11.3 Å². The zero-order valence-electron chi connectivity index (χ0n) is 11.7. The molecule has 0 radical (unpaired) electrons. The Morgan fingerprint density at radius 3 is 3.10 bits per heavy atom. The van der Waals surface area contributed by atoms with Crippen LogP contribution in [-0.2, 0) is 16.1 Å². The summed E-state index contributed by atoms with van der Waals surface area (Å²) in [5, 5.41) is 4.07. The first kappa shape index (κ1) is 13.9. The summed E-state index contributed by atoms with van der Waals surface area (Å²) in [5.41, 5.74) is 1.15. The third kappa shape index (κ3) is 2.24. The number of thiophene rings is 1. The number of carbonyl (C=O) groups is 2. The molecule has 0 N–H and O–H groups in total. The fourth-order valence-corrected chi connectivity index (χ4v) is 5.08. The molecular weight excluding hydrogens is 292 g/mol. The van der Waals surface area contributed by atoms with Crippen LogP contribution in [0.15, 0.2) is 16.8 Å². The van der Waals surface area contributed by atoms with Crippen LogP contribution in [0.25, 0.3) is 0 Å². The Morgan fingerprint density at radius 1 is 1.60 bits per heavy atom. The summed E-state index contributed by atoms with van der Waals surface area (Å²) in [4.78, 5) is 28.1. The van der Waals surface area contributed by atoms with Crippen LogP contribution in [0.3, 0.4) is 0 Å². The lowest BCUT2D eigenvalue weighted by Crippen LogP contribution is -2.50. The first-order valence-electron chi connectivity index (χ1n) is 6.73. The summed E-state index contributed by atoms with van der Waals surface area (Å²) in [6.45, 7) is 2.69. The highest BCUT2D eigenvalue weighted by Gasteiger charge is 2.53. The summed E-state index contributed by atoms with van der Waals surface area (Å²) >= 11 is 3.37. The maximum absolute atomic E-state index is 12.6. The molecule has 20 heavy (non-hydrogen) atoms. The van der Waals surface area contributed by atoms with Gasteiger partial charge in [0.15, 0.2) is 0 Å². The van der Waals surface area contributed by atoms with Gasteiger partial charge in [0, 0.05) is 25.8 Å². The Bertz CT molecular complexity index is 531. The van der Waals surface area contributed by atoms with Crippen molar-refractivity contribution in [3.63, 3.8) is 0 Å². The molecule has 2 atom stereocenters. The van der Waals surface area contributed by atoms with Crippen LogP contribution >= 0.6 is 23.1 Å². The van der Waals surface area contributed by atoms with Crippen molar-refractivity contribution in [3.8, 4) is 0 Å². The van der Waals surface area contributed by atoms with Crippen LogP contribution in [0.4, 0.5) is 0 Å². The third-order valence-electron chi connectivity index (χ3n) is 4.11. The van der Waals surface area contributed by atoms with Gasteiger partial charge < -0.3 is 9.80 Å². The minimum atomic E-state index is -0.288. The zero-order valence-corrected chi connectivity index (χ0v) is 13.3. The van der Waals surface area contributed by atoms with Gasteiger partial charge in [0.2, 0.25) is 11.8 Å². The first-order chi connectivity index (χ1) is 9.51. The number of fused-ring (bicyclic) bond motifs is 1. The molecule has 0 bridgehead atoms. The Balaban J connectivity index is 1.72. The zero-order chi connectivity index (χ0) is 14.3. The van der Waals surface area contributed by atoms with Crippen molar-refractivity contribution >= 4 is 34.9 Å². The van der Waals surface area contributed by atoms with E-state index in [-0.39, 0.29) is 22.7 Å². The van der Waals surface area contributed by atoms with E-state index in [1.54, 1.807) is 28.0 Å². The number of rotatable bonds is 3. The van der Waals surface area contributed by atoms with Crippen molar-refractivity contribution in [2.24, 2.45) is 0 Å². The molecule has 2 fully saturated rings.